The topological polar surface area (TPSA) is 64.4 Å². The first-order valence-electron chi connectivity index (χ1n) is 6.84. The zero-order chi connectivity index (χ0) is 16.2. The minimum atomic E-state index is -0.602. The molecule has 1 amide bonds. The standard InChI is InChI=1S/C17H13FN2O3/c1-22-12-8-6-11(7-9-12)14-10-19-23-17(14)20-16(21)13-4-2-3-5-15(13)18/h2-10H,1H3,(H,20,21). The Labute approximate surface area is 131 Å². The Morgan fingerprint density at radius 1 is 1.17 bits per heavy atom. The predicted octanol–water partition coefficient (Wildman–Crippen LogP) is 3.74. The van der Waals surface area contributed by atoms with Gasteiger partial charge < -0.3 is 9.26 Å². The highest BCUT2D eigenvalue weighted by Crippen LogP contribution is 2.29. The van der Waals surface area contributed by atoms with Crippen molar-refractivity contribution >= 4 is 11.8 Å². The molecular weight excluding hydrogens is 299 g/mol. The molecule has 0 bridgehead atoms. The lowest BCUT2D eigenvalue weighted by atomic mass is 10.1. The molecule has 0 unspecified atom stereocenters. The van der Waals surface area contributed by atoms with E-state index in [2.05, 4.69) is 10.5 Å². The lowest BCUT2D eigenvalue weighted by Crippen LogP contribution is -2.13. The number of hydrogen-bond acceptors (Lipinski definition) is 4. The van der Waals surface area contributed by atoms with E-state index in [0.29, 0.717) is 11.3 Å². The first-order chi connectivity index (χ1) is 11.2. The summed E-state index contributed by atoms with van der Waals surface area (Å²) >= 11 is 0. The van der Waals surface area contributed by atoms with Crippen molar-refractivity contribution in [2.24, 2.45) is 0 Å². The van der Waals surface area contributed by atoms with Crippen molar-refractivity contribution in [2.45, 2.75) is 0 Å². The molecule has 0 fully saturated rings. The average molecular weight is 312 g/mol. The molecule has 1 heterocycles. The van der Waals surface area contributed by atoms with Crippen LogP contribution in [0, 0.1) is 5.82 Å². The molecule has 0 aliphatic rings. The van der Waals surface area contributed by atoms with Crippen LogP contribution in [0.1, 0.15) is 10.4 Å². The molecule has 1 aromatic heterocycles. The van der Waals surface area contributed by atoms with Crippen molar-refractivity contribution in [1.29, 1.82) is 0 Å². The Morgan fingerprint density at radius 3 is 2.61 bits per heavy atom. The van der Waals surface area contributed by atoms with Crippen molar-refractivity contribution in [2.75, 3.05) is 12.4 Å². The molecule has 3 rings (SSSR count). The third-order valence-corrected chi connectivity index (χ3v) is 3.32. The number of benzene rings is 2. The van der Waals surface area contributed by atoms with Gasteiger partial charge in [0.2, 0.25) is 5.88 Å². The average Bonchev–Trinajstić information content (AvgIpc) is 3.03. The number of carbonyl (C=O) groups is 1. The molecular formula is C17H13FN2O3. The summed E-state index contributed by atoms with van der Waals surface area (Å²) in [5, 5.41) is 6.23. The van der Waals surface area contributed by atoms with Gasteiger partial charge in [-0.3, -0.25) is 10.1 Å². The second-order valence-corrected chi connectivity index (χ2v) is 4.73. The zero-order valence-electron chi connectivity index (χ0n) is 12.2. The number of hydrogen-bond donors (Lipinski definition) is 1. The molecule has 1 N–H and O–H groups in total. The number of amides is 1. The fraction of sp³-hybridized carbons (Fsp3) is 0.0588. The maximum Gasteiger partial charge on any atom is 0.261 e. The van der Waals surface area contributed by atoms with Crippen molar-refractivity contribution < 1.29 is 18.4 Å². The molecule has 0 atom stereocenters. The largest absolute Gasteiger partial charge is 0.497 e. The fourth-order valence-electron chi connectivity index (χ4n) is 2.12. The number of methoxy groups -OCH3 is 1. The van der Waals surface area contributed by atoms with Crippen LogP contribution >= 0.6 is 0 Å². The Kier molecular flexibility index (Phi) is 4.05. The Hall–Kier alpha value is -3.15. The summed E-state index contributed by atoms with van der Waals surface area (Å²) in [5.41, 5.74) is 1.32. The molecule has 0 saturated heterocycles. The van der Waals surface area contributed by atoms with E-state index in [1.165, 1.54) is 24.4 Å². The number of aromatic nitrogens is 1. The monoisotopic (exact) mass is 312 g/mol. The van der Waals surface area contributed by atoms with Crippen LogP contribution in [0.3, 0.4) is 0 Å². The van der Waals surface area contributed by atoms with E-state index in [1.807, 2.05) is 12.1 Å². The maximum atomic E-state index is 13.7. The summed E-state index contributed by atoms with van der Waals surface area (Å²) in [7, 11) is 1.58. The molecule has 23 heavy (non-hydrogen) atoms. The highest BCUT2D eigenvalue weighted by Gasteiger charge is 2.17. The van der Waals surface area contributed by atoms with Crippen LogP contribution in [0.15, 0.2) is 59.3 Å². The van der Waals surface area contributed by atoms with E-state index in [0.717, 1.165) is 5.56 Å². The van der Waals surface area contributed by atoms with Crippen molar-refractivity contribution in [3.05, 3.63) is 66.1 Å². The van der Waals surface area contributed by atoms with Gasteiger partial charge in [0, 0.05) is 0 Å². The van der Waals surface area contributed by atoms with Gasteiger partial charge in [0.1, 0.15) is 11.6 Å². The SMILES string of the molecule is COc1ccc(-c2cnoc2NC(=O)c2ccccc2F)cc1. The quantitative estimate of drug-likeness (QED) is 0.797. The van der Waals surface area contributed by atoms with E-state index < -0.39 is 11.7 Å². The number of nitrogens with zero attached hydrogens (tertiary/aromatic N) is 1. The van der Waals surface area contributed by atoms with Gasteiger partial charge >= 0.3 is 0 Å². The third kappa shape index (κ3) is 3.06. The molecule has 2 aromatic carbocycles. The molecule has 0 spiro atoms. The zero-order valence-corrected chi connectivity index (χ0v) is 12.2. The van der Waals surface area contributed by atoms with Gasteiger partial charge in [-0.2, -0.15) is 0 Å². The lowest BCUT2D eigenvalue weighted by molar-refractivity contribution is 0.102. The second-order valence-electron chi connectivity index (χ2n) is 4.73. The van der Waals surface area contributed by atoms with Crippen LogP contribution in [0.5, 0.6) is 5.75 Å². The minimum absolute atomic E-state index is 0.0652. The Morgan fingerprint density at radius 2 is 1.91 bits per heavy atom. The fourth-order valence-corrected chi connectivity index (χ4v) is 2.12. The van der Waals surface area contributed by atoms with Crippen molar-refractivity contribution in [3.63, 3.8) is 0 Å². The van der Waals surface area contributed by atoms with E-state index in [4.69, 9.17) is 9.26 Å². The van der Waals surface area contributed by atoms with Gasteiger partial charge in [-0.05, 0) is 29.8 Å². The Bertz CT molecular complexity index is 828. The normalized spacial score (nSPS) is 10.3. The third-order valence-electron chi connectivity index (χ3n) is 3.32. The maximum absolute atomic E-state index is 13.7. The van der Waals surface area contributed by atoms with Crippen LogP contribution in [-0.2, 0) is 0 Å². The molecule has 5 nitrogen and oxygen atoms in total. The van der Waals surface area contributed by atoms with Gasteiger partial charge in [0.25, 0.3) is 5.91 Å². The number of rotatable bonds is 4. The van der Waals surface area contributed by atoms with Crippen LogP contribution in [0.4, 0.5) is 10.3 Å². The number of ether oxygens (including phenoxy) is 1. The molecule has 6 heteroatoms. The molecule has 116 valence electrons. The summed E-state index contributed by atoms with van der Waals surface area (Å²) in [6.45, 7) is 0. The van der Waals surface area contributed by atoms with Gasteiger partial charge in [-0.25, -0.2) is 4.39 Å². The lowest BCUT2D eigenvalue weighted by Gasteiger charge is -2.06. The van der Waals surface area contributed by atoms with Gasteiger partial charge in [0.05, 0.1) is 24.4 Å². The number of nitrogens with one attached hydrogen (secondary N) is 1. The van der Waals surface area contributed by atoms with E-state index in [9.17, 15) is 9.18 Å². The van der Waals surface area contributed by atoms with Crippen LogP contribution < -0.4 is 10.1 Å². The van der Waals surface area contributed by atoms with Crippen molar-refractivity contribution in [1.82, 2.24) is 5.16 Å². The molecule has 0 saturated carbocycles. The highest BCUT2D eigenvalue weighted by atomic mass is 19.1. The van der Waals surface area contributed by atoms with Crippen LogP contribution in [-0.4, -0.2) is 18.2 Å². The summed E-state index contributed by atoms with van der Waals surface area (Å²) in [4.78, 5) is 12.2. The second kappa shape index (κ2) is 6.31. The summed E-state index contributed by atoms with van der Waals surface area (Å²) in [6, 6.07) is 12.9. The predicted molar refractivity (Wildman–Crippen MR) is 82.8 cm³/mol. The first-order valence-corrected chi connectivity index (χ1v) is 6.84. The molecule has 0 aliphatic heterocycles. The number of anilines is 1. The summed E-state index contributed by atoms with van der Waals surface area (Å²) in [5.74, 6) is -0.337. The van der Waals surface area contributed by atoms with Gasteiger partial charge in [-0.15, -0.1) is 0 Å². The first kappa shape index (κ1) is 14.8. The Balaban J connectivity index is 1.86. The summed E-state index contributed by atoms with van der Waals surface area (Å²) in [6.07, 6.45) is 1.48. The molecule has 0 aliphatic carbocycles. The van der Waals surface area contributed by atoms with Crippen molar-refractivity contribution in [3.8, 4) is 16.9 Å². The summed E-state index contributed by atoms with van der Waals surface area (Å²) < 4.78 is 23.8. The van der Waals surface area contributed by atoms with Gasteiger partial charge in [-0.1, -0.05) is 29.4 Å². The van der Waals surface area contributed by atoms with E-state index in [1.54, 1.807) is 25.3 Å². The molecule has 0 radical (unpaired) electrons. The highest BCUT2D eigenvalue weighted by molar-refractivity contribution is 6.05. The number of carbonyl (C=O) groups excluding carboxylic acids is 1. The van der Waals surface area contributed by atoms with Crippen LogP contribution in [0.25, 0.3) is 11.1 Å². The smallest absolute Gasteiger partial charge is 0.261 e. The van der Waals surface area contributed by atoms with E-state index in [-0.39, 0.29) is 11.4 Å². The van der Waals surface area contributed by atoms with E-state index >= 15 is 0 Å². The van der Waals surface area contributed by atoms with Gasteiger partial charge in [0.15, 0.2) is 0 Å². The minimum Gasteiger partial charge on any atom is -0.497 e. The number of halogens is 1. The molecule has 3 aromatic rings. The van der Waals surface area contributed by atoms with Crippen LogP contribution in [0.2, 0.25) is 0 Å².